The van der Waals surface area contributed by atoms with Gasteiger partial charge in [-0.25, -0.2) is 4.98 Å². The van der Waals surface area contributed by atoms with E-state index in [9.17, 15) is 9.59 Å². The number of hydrogen-bond acceptors (Lipinski definition) is 5. The Balaban J connectivity index is 1.49. The molecule has 0 aliphatic heterocycles. The number of rotatable bonds is 8. The Kier molecular flexibility index (Phi) is 7.50. The van der Waals surface area contributed by atoms with Gasteiger partial charge in [0.2, 0.25) is 5.91 Å². The highest BCUT2D eigenvalue weighted by molar-refractivity contribution is 7.99. The van der Waals surface area contributed by atoms with Crippen LogP contribution in [0.3, 0.4) is 0 Å². The molecule has 2 aromatic carbocycles. The van der Waals surface area contributed by atoms with E-state index in [0.717, 1.165) is 18.4 Å². The number of hydrogen-bond donors (Lipinski definition) is 1. The van der Waals surface area contributed by atoms with Crippen molar-refractivity contribution in [2.45, 2.75) is 56.8 Å². The second-order valence-electron chi connectivity index (χ2n) is 8.70. The van der Waals surface area contributed by atoms with Crippen LogP contribution in [0.25, 0.3) is 10.9 Å². The van der Waals surface area contributed by atoms with Gasteiger partial charge < -0.3 is 10.1 Å². The van der Waals surface area contributed by atoms with Crippen LogP contribution in [0.2, 0.25) is 0 Å². The highest BCUT2D eigenvalue weighted by atomic mass is 32.2. The SMILES string of the molecule is COC[C@@H](C)n1c(SCC(=O)N[C@@H](C)c2ccc3c(c2)CCCC3)nc2ccccc2c1=O. The van der Waals surface area contributed by atoms with Crippen LogP contribution in [0.5, 0.6) is 0 Å². The monoisotopic (exact) mass is 465 g/mol. The molecule has 0 fully saturated rings. The molecule has 33 heavy (non-hydrogen) atoms. The number of benzene rings is 2. The third-order valence-electron chi connectivity index (χ3n) is 6.21. The van der Waals surface area contributed by atoms with Crippen molar-refractivity contribution in [1.29, 1.82) is 0 Å². The minimum atomic E-state index is -0.195. The molecule has 1 amide bonds. The summed E-state index contributed by atoms with van der Waals surface area (Å²) in [4.78, 5) is 30.6. The largest absolute Gasteiger partial charge is 0.383 e. The van der Waals surface area contributed by atoms with E-state index in [2.05, 4.69) is 28.5 Å². The molecule has 0 unspecified atom stereocenters. The Labute approximate surface area is 198 Å². The quantitative estimate of drug-likeness (QED) is 0.393. The summed E-state index contributed by atoms with van der Waals surface area (Å²) in [6, 6.07) is 13.6. The second-order valence-corrected chi connectivity index (χ2v) is 9.65. The van der Waals surface area contributed by atoms with Crippen LogP contribution in [0.1, 0.15) is 55.5 Å². The molecular formula is C26H31N3O3S. The number of aromatic nitrogens is 2. The van der Waals surface area contributed by atoms with Gasteiger partial charge in [-0.15, -0.1) is 0 Å². The summed E-state index contributed by atoms with van der Waals surface area (Å²) >= 11 is 1.28. The molecular weight excluding hydrogens is 434 g/mol. The average molecular weight is 466 g/mol. The number of ether oxygens (including phenoxy) is 1. The molecule has 174 valence electrons. The fourth-order valence-corrected chi connectivity index (χ4v) is 5.36. The maximum Gasteiger partial charge on any atom is 0.262 e. The van der Waals surface area contributed by atoms with Crippen LogP contribution in [-0.2, 0) is 22.4 Å². The topological polar surface area (TPSA) is 73.2 Å². The van der Waals surface area contributed by atoms with Crippen LogP contribution < -0.4 is 10.9 Å². The average Bonchev–Trinajstić information content (AvgIpc) is 2.82. The number of carbonyl (C=O) groups excluding carboxylic acids is 1. The molecule has 0 spiro atoms. The zero-order valence-electron chi connectivity index (χ0n) is 19.5. The fraction of sp³-hybridized carbons (Fsp3) is 0.423. The zero-order valence-corrected chi connectivity index (χ0v) is 20.3. The lowest BCUT2D eigenvalue weighted by Gasteiger charge is -2.21. The lowest BCUT2D eigenvalue weighted by atomic mass is 9.89. The Bertz CT molecular complexity index is 1210. The Morgan fingerprint density at radius 3 is 2.70 bits per heavy atom. The molecule has 0 bridgehead atoms. The van der Waals surface area contributed by atoms with Crippen molar-refractivity contribution >= 4 is 28.6 Å². The van der Waals surface area contributed by atoms with E-state index in [-0.39, 0.29) is 29.3 Å². The number of fused-ring (bicyclic) bond motifs is 2. The second kappa shape index (κ2) is 10.5. The van der Waals surface area contributed by atoms with Gasteiger partial charge in [0.1, 0.15) is 0 Å². The molecule has 2 atom stereocenters. The minimum absolute atomic E-state index is 0.0792. The number of carbonyl (C=O) groups is 1. The van der Waals surface area contributed by atoms with Crippen molar-refractivity contribution in [3.63, 3.8) is 0 Å². The van der Waals surface area contributed by atoms with Gasteiger partial charge in [-0.2, -0.15) is 0 Å². The first-order chi connectivity index (χ1) is 16.0. The molecule has 4 rings (SSSR count). The first-order valence-electron chi connectivity index (χ1n) is 11.5. The fourth-order valence-electron chi connectivity index (χ4n) is 4.45. The molecule has 1 heterocycles. The van der Waals surface area contributed by atoms with Crippen LogP contribution >= 0.6 is 11.8 Å². The first-order valence-corrected chi connectivity index (χ1v) is 12.5. The number of para-hydroxylation sites is 1. The van der Waals surface area contributed by atoms with E-state index in [4.69, 9.17) is 4.74 Å². The molecule has 0 saturated heterocycles. The number of nitrogens with zero attached hydrogens (tertiary/aromatic N) is 2. The van der Waals surface area contributed by atoms with E-state index in [1.807, 2.05) is 32.0 Å². The van der Waals surface area contributed by atoms with Crippen molar-refractivity contribution in [3.05, 3.63) is 69.5 Å². The molecule has 7 heteroatoms. The van der Waals surface area contributed by atoms with Gasteiger partial charge in [-0.05, 0) is 68.4 Å². The van der Waals surface area contributed by atoms with Crippen LogP contribution in [-0.4, -0.2) is 34.9 Å². The first kappa shape index (κ1) is 23.5. The van der Waals surface area contributed by atoms with Crippen LogP contribution in [0, 0.1) is 0 Å². The molecule has 3 aromatic rings. The molecule has 1 N–H and O–H groups in total. The van der Waals surface area contributed by atoms with Crippen molar-refractivity contribution in [3.8, 4) is 0 Å². The minimum Gasteiger partial charge on any atom is -0.383 e. The highest BCUT2D eigenvalue weighted by Gasteiger charge is 2.19. The highest BCUT2D eigenvalue weighted by Crippen LogP contribution is 2.25. The number of thioether (sulfide) groups is 1. The van der Waals surface area contributed by atoms with Gasteiger partial charge in [0.15, 0.2) is 5.16 Å². The molecule has 6 nitrogen and oxygen atoms in total. The van der Waals surface area contributed by atoms with E-state index < -0.39 is 0 Å². The standard InChI is InChI=1S/C26H31N3O3S/c1-17(15-32-3)29-25(31)22-10-6-7-11-23(22)28-26(29)33-16-24(30)27-18(2)20-13-12-19-8-4-5-9-21(19)14-20/h6-7,10-14,17-18H,4-5,8-9,15-16H2,1-3H3,(H,27,30)/t17-,18+/m1/s1. The number of nitrogens with one attached hydrogen (secondary N) is 1. The summed E-state index contributed by atoms with van der Waals surface area (Å²) in [5.74, 6) is 0.0957. The van der Waals surface area contributed by atoms with Crippen molar-refractivity contribution in [1.82, 2.24) is 14.9 Å². The summed E-state index contributed by atoms with van der Waals surface area (Å²) in [5, 5.41) is 4.19. The summed E-state index contributed by atoms with van der Waals surface area (Å²) in [6.07, 6.45) is 4.75. The maximum atomic E-state index is 13.1. The van der Waals surface area contributed by atoms with Gasteiger partial charge in [-0.1, -0.05) is 42.1 Å². The smallest absolute Gasteiger partial charge is 0.262 e. The summed E-state index contributed by atoms with van der Waals surface area (Å²) in [5.41, 5.74) is 4.49. The van der Waals surface area contributed by atoms with E-state index in [1.165, 1.54) is 35.7 Å². The summed E-state index contributed by atoms with van der Waals surface area (Å²) in [7, 11) is 1.61. The molecule has 1 aliphatic carbocycles. The van der Waals surface area contributed by atoms with E-state index in [1.54, 1.807) is 17.7 Å². The maximum absolute atomic E-state index is 13.1. The summed E-state index contributed by atoms with van der Waals surface area (Å²) < 4.78 is 6.91. The lowest BCUT2D eigenvalue weighted by molar-refractivity contribution is -0.119. The van der Waals surface area contributed by atoms with Gasteiger partial charge in [-0.3, -0.25) is 14.2 Å². The molecule has 0 saturated carbocycles. The third-order valence-corrected chi connectivity index (χ3v) is 7.16. The molecule has 1 aromatic heterocycles. The van der Waals surface area contributed by atoms with Crippen molar-refractivity contribution in [2.75, 3.05) is 19.5 Å². The number of aryl methyl sites for hydroxylation is 2. The predicted molar refractivity (Wildman–Crippen MR) is 133 cm³/mol. The Hall–Kier alpha value is -2.64. The normalized spacial score (nSPS) is 15.1. The van der Waals surface area contributed by atoms with Gasteiger partial charge in [0.25, 0.3) is 5.56 Å². The van der Waals surface area contributed by atoms with Crippen molar-refractivity contribution < 1.29 is 9.53 Å². The summed E-state index contributed by atoms with van der Waals surface area (Å²) in [6.45, 7) is 4.32. The Morgan fingerprint density at radius 2 is 1.91 bits per heavy atom. The molecule has 1 aliphatic rings. The van der Waals surface area contributed by atoms with E-state index >= 15 is 0 Å². The Morgan fingerprint density at radius 1 is 1.15 bits per heavy atom. The van der Waals surface area contributed by atoms with Crippen LogP contribution in [0.15, 0.2) is 52.4 Å². The van der Waals surface area contributed by atoms with Crippen LogP contribution in [0.4, 0.5) is 0 Å². The van der Waals surface area contributed by atoms with Gasteiger partial charge in [0, 0.05) is 7.11 Å². The number of methoxy groups -OCH3 is 1. The van der Waals surface area contributed by atoms with Crippen molar-refractivity contribution in [2.24, 2.45) is 0 Å². The predicted octanol–water partition coefficient (Wildman–Crippen LogP) is 4.45. The van der Waals surface area contributed by atoms with Gasteiger partial charge in [0.05, 0.1) is 35.3 Å². The lowest BCUT2D eigenvalue weighted by Crippen LogP contribution is -2.30. The van der Waals surface area contributed by atoms with E-state index in [0.29, 0.717) is 22.7 Å². The van der Waals surface area contributed by atoms with Gasteiger partial charge >= 0.3 is 0 Å². The molecule has 0 radical (unpaired) electrons. The zero-order chi connectivity index (χ0) is 23.4. The third kappa shape index (κ3) is 5.31. The number of amides is 1.